The smallest absolute Gasteiger partial charge is 0.344 e. The summed E-state index contributed by atoms with van der Waals surface area (Å²) >= 11 is 0. The van der Waals surface area contributed by atoms with Gasteiger partial charge in [-0.15, -0.1) is 0 Å². The molecule has 0 atom stereocenters. The first kappa shape index (κ1) is 17.0. The molecule has 4 aromatic rings. The van der Waals surface area contributed by atoms with Gasteiger partial charge in [-0.1, -0.05) is 48.0 Å². The van der Waals surface area contributed by atoms with E-state index in [9.17, 15) is 9.59 Å². The first-order chi connectivity index (χ1) is 13.0. The van der Waals surface area contributed by atoms with Crippen LogP contribution in [0.15, 0.2) is 69.9 Å². The van der Waals surface area contributed by atoms with Crippen LogP contribution in [0, 0.1) is 13.8 Å². The number of ether oxygens (including phenoxy) is 1. The number of carbonyl (C=O) groups is 1. The molecule has 4 rings (SSSR count). The standard InChI is InChI=1S/C23H18O4/c1-14-7-9-16(10-8-14)20(24)13-26-21-12-11-18-17-5-3-4-6-19(17)23(25)27-22(18)15(21)2/h3-12H,13H2,1-2H3. The second-order valence-electron chi connectivity index (χ2n) is 6.58. The van der Waals surface area contributed by atoms with Crippen molar-refractivity contribution in [1.82, 2.24) is 0 Å². The van der Waals surface area contributed by atoms with Crippen LogP contribution in [0.1, 0.15) is 21.5 Å². The summed E-state index contributed by atoms with van der Waals surface area (Å²) in [6.07, 6.45) is 0. The molecule has 0 aliphatic heterocycles. The summed E-state index contributed by atoms with van der Waals surface area (Å²) in [6, 6.07) is 18.4. The van der Waals surface area contributed by atoms with Crippen molar-refractivity contribution in [1.29, 1.82) is 0 Å². The molecule has 4 heteroatoms. The molecule has 134 valence electrons. The van der Waals surface area contributed by atoms with Crippen molar-refractivity contribution in [2.45, 2.75) is 13.8 Å². The largest absolute Gasteiger partial charge is 0.485 e. The van der Waals surface area contributed by atoms with Gasteiger partial charge in [0.1, 0.15) is 11.3 Å². The van der Waals surface area contributed by atoms with E-state index in [1.165, 1.54) is 0 Å². The fraction of sp³-hybridized carbons (Fsp3) is 0.130. The molecule has 3 aromatic carbocycles. The van der Waals surface area contributed by atoms with Crippen LogP contribution in [0.25, 0.3) is 21.7 Å². The van der Waals surface area contributed by atoms with Gasteiger partial charge in [0.15, 0.2) is 12.4 Å². The minimum atomic E-state index is -0.380. The Bertz CT molecular complexity index is 1220. The maximum absolute atomic E-state index is 12.3. The van der Waals surface area contributed by atoms with Crippen LogP contribution in [0.5, 0.6) is 5.75 Å². The Labute approximate surface area is 156 Å². The summed E-state index contributed by atoms with van der Waals surface area (Å²) in [7, 11) is 0. The molecule has 0 spiro atoms. The van der Waals surface area contributed by atoms with Crippen molar-refractivity contribution < 1.29 is 13.9 Å². The molecule has 0 aliphatic rings. The minimum Gasteiger partial charge on any atom is -0.485 e. The molecule has 0 fully saturated rings. The number of hydrogen-bond donors (Lipinski definition) is 0. The summed E-state index contributed by atoms with van der Waals surface area (Å²) in [6.45, 7) is 3.72. The topological polar surface area (TPSA) is 56.5 Å². The lowest BCUT2D eigenvalue weighted by Gasteiger charge is -2.11. The Morgan fingerprint density at radius 3 is 2.33 bits per heavy atom. The molecule has 1 heterocycles. The molecule has 0 saturated carbocycles. The maximum atomic E-state index is 12.3. The van der Waals surface area contributed by atoms with Gasteiger partial charge in [0, 0.05) is 16.5 Å². The monoisotopic (exact) mass is 358 g/mol. The summed E-state index contributed by atoms with van der Waals surface area (Å²) in [5.41, 5.74) is 2.51. The maximum Gasteiger partial charge on any atom is 0.344 e. The quantitative estimate of drug-likeness (QED) is 0.298. The van der Waals surface area contributed by atoms with E-state index < -0.39 is 0 Å². The third kappa shape index (κ3) is 3.10. The zero-order valence-corrected chi connectivity index (χ0v) is 15.1. The number of hydrogen-bond acceptors (Lipinski definition) is 4. The zero-order valence-electron chi connectivity index (χ0n) is 15.1. The minimum absolute atomic E-state index is 0.0762. The van der Waals surface area contributed by atoms with Gasteiger partial charge < -0.3 is 9.15 Å². The molecule has 0 aliphatic carbocycles. The van der Waals surface area contributed by atoms with E-state index in [0.717, 1.165) is 16.3 Å². The fourth-order valence-electron chi connectivity index (χ4n) is 3.18. The van der Waals surface area contributed by atoms with E-state index in [2.05, 4.69) is 0 Å². The fourth-order valence-corrected chi connectivity index (χ4v) is 3.18. The highest BCUT2D eigenvalue weighted by molar-refractivity contribution is 6.05. The van der Waals surface area contributed by atoms with Crippen LogP contribution in [-0.4, -0.2) is 12.4 Å². The van der Waals surface area contributed by atoms with Gasteiger partial charge in [0.25, 0.3) is 0 Å². The van der Waals surface area contributed by atoms with Crippen LogP contribution in [0.4, 0.5) is 0 Å². The number of Topliss-reactive ketones (excluding diaryl/α,β-unsaturated/α-hetero) is 1. The van der Waals surface area contributed by atoms with Crippen molar-refractivity contribution in [2.75, 3.05) is 6.61 Å². The predicted molar refractivity (Wildman–Crippen MR) is 106 cm³/mol. The zero-order chi connectivity index (χ0) is 19.0. The van der Waals surface area contributed by atoms with Crippen LogP contribution in [0.2, 0.25) is 0 Å². The second kappa shape index (κ2) is 6.72. The van der Waals surface area contributed by atoms with Gasteiger partial charge in [0.05, 0.1) is 5.39 Å². The number of rotatable bonds is 4. The Morgan fingerprint density at radius 1 is 0.889 bits per heavy atom. The molecular formula is C23H18O4. The van der Waals surface area contributed by atoms with Gasteiger partial charge >= 0.3 is 5.63 Å². The van der Waals surface area contributed by atoms with Crippen LogP contribution in [-0.2, 0) is 0 Å². The van der Waals surface area contributed by atoms with Crippen molar-refractivity contribution in [3.05, 3.63) is 87.8 Å². The molecule has 0 bridgehead atoms. The number of ketones is 1. The molecule has 1 aromatic heterocycles. The van der Waals surface area contributed by atoms with E-state index in [0.29, 0.717) is 27.8 Å². The van der Waals surface area contributed by atoms with E-state index in [4.69, 9.17) is 9.15 Å². The van der Waals surface area contributed by atoms with E-state index in [1.54, 1.807) is 18.2 Å². The average Bonchev–Trinajstić information content (AvgIpc) is 2.68. The summed E-state index contributed by atoms with van der Waals surface area (Å²) in [5, 5.41) is 2.24. The Hall–Kier alpha value is -3.40. The van der Waals surface area contributed by atoms with Gasteiger partial charge in [-0.05, 0) is 37.4 Å². The van der Waals surface area contributed by atoms with Gasteiger partial charge in [-0.3, -0.25) is 4.79 Å². The number of carbonyl (C=O) groups excluding carboxylic acids is 1. The predicted octanol–water partition coefficient (Wildman–Crippen LogP) is 4.82. The van der Waals surface area contributed by atoms with Crippen LogP contribution < -0.4 is 10.4 Å². The molecular weight excluding hydrogens is 340 g/mol. The SMILES string of the molecule is Cc1ccc(C(=O)COc2ccc3c(oc(=O)c4ccccc43)c2C)cc1. The van der Waals surface area contributed by atoms with Gasteiger partial charge in [-0.25, -0.2) is 4.79 Å². The second-order valence-corrected chi connectivity index (χ2v) is 6.58. The molecule has 0 saturated heterocycles. The van der Waals surface area contributed by atoms with E-state index in [1.807, 2.05) is 56.3 Å². The first-order valence-corrected chi connectivity index (χ1v) is 8.72. The first-order valence-electron chi connectivity index (χ1n) is 8.72. The van der Waals surface area contributed by atoms with Crippen molar-refractivity contribution in [3.63, 3.8) is 0 Å². The summed E-state index contributed by atoms with van der Waals surface area (Å²) in [4.78, 5) is 24.6. The van der Waals surface area contributed by atoms with Crippen molar-refractivity contribution >= 4 is 27.5 Å². The van der Waals surface area contributed by atoms with Crippen molar-refractivity contribution in [2.24, 2.45) is 0 Å². The number of benzene rings is 3. The lowest BCUT2D eigenvalue weighted by Crippen LogP contribution is -2.12. The van der Waals surface area contributed by atoms with Gasteiger partial charge in [0.2, 0.25) is 0 Å². The lowest BCUT2D eigenvalue weighted by atomic mass is 10.0. The number of fused-ring (bicyclic) bond motifs is 3. The molecule has 0 unspecified atom stereocenters. The molecule has 0 N–H and O–H groups in total. The number of aryl methyl sites for hydroxylation is 2. The third-order valence-electron chi connectivity index (χ3n) is 4.72. The molecule has 4 nitrogen and oxygen atoms in total. The highest BCUT2D eigenvalue weighted by Gasteiger charge is 2.14. The highest BCUT2D eigenvalue weighted by Crippen LogP contribution is 2.30. The third-order valence-corrected chi connectivity index (χ3v) is 4.72. The van der Waals surface area contributed by atoms with Crippen LogP contribution >= 0.6 is 0 Å². The Morgan fingerprint density at radius 2 is 1.59 bits per heavy atom. The van der Waals surface area contributed by atoms with Crippen LogP contribution in [0.3, 0.4) is 0 Å². The Balaban J connectivity index is 1.68. The van der Waals surface area contributed by atoms with E-state index >= 15 is 0 Å². The summed E-state index contributed by atoms with van der Waals surface area (Å²) < 4.78 is 11.3. The molecule has 0 amide bonds. The normalized spacial score (nSPS) is 11.0. The lowest BCUT2D eigenvalue weighted by molar-refractivity contribution is 0.0921. The summed E-state index contributed by atoms with van der Waals surface area (Å²) in [5.74, 6) is 0.427. The van der Waals surface area contributed by atoms with Gasteiger partial charge in [-0.2, -0.15) is 0 Å². The van der Waals surface area contributed by atoms with Crippen molar-refractivity contribution in [3.8, 4) is 5.75 Å². The highest BCUT2D eigenvalue weighted by atomic mass is 16.5. The Kier molecular flexibility index (Phi) is 4.24. The molecule has 0 radical (unpaired) electrons. The van der Waals surface area contributed by atoms with E-state index in [-0.39, 0.29) is 18.0 Å². The average molecular weight is 358 g/mol. The molecule has 27 heavy (non-hydrogen) atoms.